The van der Waals surface area contributed by atoms with Crippen LogP contribution in [0.1, 0.15) is 43.9 Å². The Balaban J connectivity index is 0.000000771. The molecule has 18 heavy (non-hydrogen) atoms. The first-order valence-electron chi connectivity index (χ1n) is 7.20. The van der Waals surface area contributed by atoms with Gasteiger partial charge in [-0.2, -0.15) is 0 Å². The van der Waals surface area contributed by atoms with E-state index in [4.69, 9.17) is 4.74 Å². The normalized spacial score (nSPS) is 18.3. The lowest BCUT2D eigenvalue weighted by molar-refractivity contribution is 0.0542. The van der Waals surface area contributed by atoms with Gasteiger partial charge in [-0.3, -0.25) is 0 Å². The molecule has 0 saturated carbocycles. The van der Waals surface area contributed by atoms with E-state index in [0.29, 0.717) is 6.10 Å². The standard InChI is InChI=1S/C14H21NO.C2H6/c1-3-13-8-12(5-4-11(13)2)10-16-14-6-7-15-9-14;1-2/h4-5,8,14-15H,3,6-7,9-10H2,1-2H3;1-2H3. The van der Waals surface area contributed by atoms with Gasteiger partial charge in [-0.1, -0.05) is 39.0 Å². The van der Waals surface area contributed by atoms with Gasteiger partial charge in [-0.25, -0.2) is 0 Å². The molecule has 1 aromatic carbocycles. The van der Waals surface area contributed by atoms with Crippen molar-refractivity contribution >= 4 is 0 Å². The molecule has 0 spiro atoms. The van der Waals surface area contributed by atoms with Crippen LogP contribution < -0.4 is 5.32 Å². The fourth-order valence-corrected chi connectivity index (χ4v) is 2.18. The molecule has 0 aromatic heterocycles. The van der Waals surface area contributed by atoms with E-state index in [1.54, 1.807) is 0 Å². The topological polar surface area (TPSA) is 21.3 Å². The van der Waals surface area contributed by atoms with Crippen LogP contribution >= 0.6 is 0 Å². The van der Waals surface area contributed by atoms with Crippen molar-refractivity contribution in [1.82, 2.24) is 5.32 Å². The Morgan fingerprint density at radius 3 is 2.72 bits per heavy atom. The van der Waals surface area contributed by atoms with E-state index in [1.165, 1.54) is 16.7 Å². The molecule has 1 N–H and O–H groups in total. The monoisotopic (exact) mass is 249 g/mol. The molecule has 2 heteroatoms. The Morgan fingerprint density at radius 2 is 2.11 bits per heavy atom. The number of benzene rings is 1. The van der Waals surface area contributed by atoms with Gasteiger partial charge < -0.3 is 10.1 Å². The van der Waals surface area contributed by atoms with Crippen molar-refractivity contribution in [3.8, 4) is 0 Å². The van der Waals surface area contributed by atoms with E-state index in [1.807, 2.05) is 13.8 Å². The van der Waals surface area contributed by atoms with Crippen LogP contribution in [0.2, 0.25) is 0 Å². The number of hydrogen-bond acceptors (Lipinski definition) is 2. The van der Waals surface area contributed by atoms with Gasteiger partial charge in [0.1, 0.15) is 0 Å². The van der Waals surface area contributed by atoms with Gasteiger partial charge in [-0.15, -0.1) is 0 Å². The zero-order valence-electron chi connectivity index (χ0n) is 12.3. The first-order valence-corrected chi connectivity index (χ1v) is 7.20. The first-order chi connectivity index (χ1) is 8.79. The van der Waals surface area contributed by atoms with Crippen molar-refractivity contribution in [3.05, 3.63) is 34.9 Å². The molecule has 1 atom stereocenters. The van der Waals surface area contributed by atoms with Crippen molar-refractivity contribution in [2.24, 2.45) is 0 Å². The van der Waals surface area contributed by atoms with Crippen LogP contribution in [0.15, 0.2) is 18.2 Å². The summed E-state index contributed by atoms with van der Waals surface area (Å²) in [7, 11) is 0. The second kappa shape index (κ2) is 8.28. The molecule has 0 aliphatic carbocycles. The Kier molecular flexibility index (Phi) is 6.99. The fraction of sp³-hybridized carbons (Fsp3) is 0.625. The maximum absolute atomic E-state index is 5.87. The molecule has 2 nitrogen and oxygen atoms in total. The fourth-order valence-electron chi connectivity index (χ4n) is 2.18. The minimum absolute atomic E-state index is 0.409. The average Bonchev–Trinajstić information content (AvgIpc) is 2.93. The largest absolute Gasteiger partial charge is 0.372 e. The van der Waals surface area contributed by atoms with E-state index < -0.39 is 0 Å². The van der Waals surface area contributed by atoms with Crippen LogP contribution in [-0.2, 0) is 17.8 Å². The van der Waals surface area contributed by atoms with Crippen LogP contribution in [0.4, 0.5) is 0 Å². The van der Waals surface area contributed by atoms with Crippen LogP contribution in [0.25, 0.3) is 0 Å². The van der Waals surface area contributed by atoms with Crippen molar-refractivity contribution in [3.63, 3.8) is 0 Å². The molecule has 1 aromatic rings. The summed E-state index contributed by atoms with van der Waals surface area (Å²) in [6, 6.07) is 6.65. The Hall–Kier alpha value is -0.860. The van der Waals surface area contributed by atoms with E-state index in [2.05, 4.69) is 37.4 Å². The Morgan fingerprint density at radius 1 is 1.33 bits per heavy atom. The van der Waals surface area contributed by atoms with Gasteiger partial charge in [0.05, 0.1) is 12.7 Å². The van der Waals surface area contributed by atoms with Gasteiger partial charge in [0, 0.05) is 6.54 Å². The maximum atomic E-state index is 5.87. The number of rotatable bonds is 4. The van der Waals surface area contributed by atoms with Gasteiger partial charge in [0.2, 0.25) is 0 Å². The molecule has 2 rings (SSSR count). The Labute approximate surface area is 112 Å². The van der Waals surface area contributed by atoms with E-state index in [0.717, 1.165) is 32.5 Å². The summed E-state index contributed by atoms with van der Waals surface area (Å²) in [4.78, 5) is 0. The third kappa shape index (κ3) is 4.43. The predicted octanol–water partition coefficient (Wildman–Crippen LogP) is 3.46. The van der Waals surface area contributed by atoms with Crippen molar-refractivity contribution in [2.45, 2.75) is 53.2 Å². The summed E-state index contributed by atoms with van der Waals surface area (Å²) in [6.07, 6.45) is 2.66. The minimum atomic E-state index is 0.409. The zero-order valence-corrected chi connectivity index (χ0v) is 12.3. The quantitative estimate of drug-likeness (QED) is 0.882. The Bertz CT molecular complexity index is 343. The summed E-state index contributed by atoms with van der Waals surface area (Å²) in [5.74, 6) is 0. The lowest BCUT2D eigenvalue weighted by atomic mass is 10.0. The number of ether oxygens (including phenoxy) is 1. The second-order valence-electron chi connectivity index (χ2n) is 4.54. The van der Waals surface area contributed by atoms with Crippen molar-refractivity contribution in [1.29, 1.82) is 0 Å². The molecule has 0 amide bonds. The summed E-state index contributed by atoms with van der Waals surface area (Å²) >= 11 is 0. The molecule has 0 radical (unpaired) electrons. The number of aryl methyl sites for hydroxylation is 2. The highest BCUT2D eigenvalue weighted by atomic mass is 16.5. The van der Waals surface area contributed by atoms with Gasteiger partial charge >= 0.3 is 0 Å². The summed E-state index contributed by atoms with van der Waals surface area (Å²) in [6.45, 7) is 11.2. The summed E-state index contributed by atoms with van der Waals surface area (Å²) in [5.41, 5.74) is 4.12. The van der Waals surface area contributed by atoms with E-state index >= 15 is 0 Å². The molecule has 102 valence electrons. The molecular weight excluding hydrogens is 222 g/mol. The summed E-state index contributed by atoms with van der Waals surface area (Å²) in [5, 5.41) is 3.32. The highest BCUT2D eigenvalue weighted by molar-refractivity contribution is 5.30. The van der Waals surface area contributed by atoms with E-state index in [9.17, 15) is 0 Å². The third-order valence-electron chi connectivity index (χ3n) is 3.30. The molecule has 1 aliphatic rings. The lowest BCUT2D eigenvalue weighted by Gasteiger charge is -2.12. The van der Waals surface area contributed by atoms with Gasteiger partial charge in [0.25, 0.3) is 0 Å². The lowest BCUT2D eigenvalue weighted by Crippen LogP contribution is -2.16. The van der Waals surface area contributed by atoms with Crippen molar-refractivity contribution in [2.75, 3.05) is 13.1 Å². The zero-order chi connectivity index (χ0) is 13.4. The molecule has 1 saturated heterocycles. The van der Waals surface area contributed by atoms with Gasteiger partial charge in [-0.05, 0) is 43.0 Å². The number of hydrogen-bond donors (Lipinski definition) is 1. The third-order valence-corrected chi connectivity index (χ3v) is 3.30. The van der Waals surface area contributed by atoms with E-state index in [-0.39, 0.29) is 0 Å². The predicted molar refractivity (Wildman–Crippen MR) is 78.0 cm³/mol. The molecular formula is C16H27NO. The van der Waals surface area contributed by atoms with Crippen LogP contribution in [-0.4, -0.2) is 19.2 Å². The maximum Gasteiger partial charge on any atom is 0.0721 e. The smallest absolute Gasteiger partial charge is 0.0721 e. The molecule has 1 heterocycles. The number of nitrogens with one attached hydrogen (secondary N) is 1. The van der Waals surface area contributed by atoms with Crippen LogP contribution in [0, 0.1) is 6.92 Å². The first kappa shape index (κ1) is 15.2. The molecule has 1 fully saturated rings. The van der Waals surface area contributed by atoms with Crippen molar-refractivity contribution < 1.29 is 4.74 Å². The van der Waals surface area contributed by atoms with Crippen LogP contribution in [0.3, 0.4) is 0 Å². The van der Waals surface area contributed by atoms with Crippen LogP contribution in [0.5, 0.6) is 0 Å². The molecule has 1 aliphatic heterocycles. The SMILES string of the molecule is CC.CCc1cc(COC2CCNC2)ccc1C. The minimum Gasteiger partial charge on any atom is -0.372 e. The molecule has 1 unspecified atom stereocenters. The molecule has 0 bridgehead atoms. The second-order valence-corrected chi connectivity index (χ2v) is 4.54. The summed E-state index contributed by atoms with van der Waals surface area (Å²) < 4.78 is 5.87. The highest BCUT2D eigenvalue weighted by Crippen LogP contribution is 2.14. The average molecular weight is 249 g/mol. The van der Waals surface area contributed by atoms with Gasteiger partial charge in [0.15, 0.2) is 0 Å². The highest BCUT2D eigenvalue weighted by Gasteiger charge is 2.14.